The molecule has 5 heteroatoms. The fourth-order valence-electron chi connectivity index (χ4n) is 2.72. The summed E-state index contributed by atoms with van der Waals surface area (Å²) in [4.78, 5) is 23.6. The largest absolute Gasteiger partial charge is 0.481 e. The Morgan fingerprint density at radius 2 is 1.67 bits per heavy atom. The van der Waals surface area contributed by atoms with Gasteiger partial charge in [-0.05, 0) is 50.1 Å². The van der Waals surface area contributed by atoms with E-state index in [1.807, 2.05) is 32.0 Å². The van der Waals surface area contributed by atoms with Crippen LogP contribution >= 0.6 is 11.6 Å². The van der Waals surface area contributed by atoms with Gasteiger partial charge in [-0.25, -0.2) is 0 Å². The minimum absolute atomic E-state index is 0.216. The van der Waals surface area contributed by atoms with Crippen LogP contribution in [0.3, 0.4) is 0 Å². The van der Waals surface area contributed by atoms with Crippen molar-refractivity contribution in [1.82, 2.24) is 0 Å². The highest BCUT2D eigenvalue weighted by Gasteiger charge is 2.22. The standard InChI is InChI=1S/C19H20ClNO3/c1-12-7-13(2)9-14(8-12)10-15(11-18(22)23)19(24)21-17-5-3-16(20)4-6-17/h3-9,15H,10-11H2,1-2H3,(H,21,24)(H,22,23)/t15-/m0/s1. The van der Waals surface area contributed by atoms with E-state index in [0.29, 0.717) is 17.1 Å². The molecule has 0 saturated carbocycles. The summed E-state index contributed by atoms with van der Waals surface area (Å²) in [5.74, 6) is -1.94. The topological polar surface area (TPSA) is 66.4 Å². The predicted octanol–water partition coefficient (Wildman–Crippen LogP) is 4.23. The molecule has 2 aromatic carbocycles. The molecule has 0 aliphatic heterocycles. The van der Waals surface area contributed by atoms with Crippen LogP contribution in [0.5, 0.6) is 0 Å². The van der Waals surface area contributed by atoms with Gasteiger partial charge in [0.15, 0.2) is 0 Å². The molecule has 0 aromatic heterocycles. The maximum Gasteiger partial charge on any atom is 0.304 e. The lowest BCUT2D eigenvalue weighted by Gasteiger charge is -2.16. The van der Waals surface area contributed by atoms with E-state index in [4.69, 9.17) is 16.7 Å². The van der Waals surface area contributed by atoms with Crippen LogP contribution in [-0.4, -0.2) is 17.0 Å². The first-order valence-electron chi connectivity index (χ1n) is 7.69. The Balaban J connectivity index is 2.15. The fourth-order valence-corrected chi connectivity index (χ4v) is 2.84. The molecule has 2 aromatic rings. The Kier molecular flexibility index (Phi) is 5.99. The number of hydrogen-bond acceptors (Lipinski definition) is 2. The first-order chi connectivity index (χ1) is 11.3. The molecule has 0 spiro atoms. The van der Waals surface area contributed by atoms with Gasteiger partial charge in [0.25, 0.3) is 0 Å². The van der Waals surface area contributed by atoms with E-state index in [2.05, 4.69) is 5.32 Å². The van der Waals surface area contributed by atoms with Gasteiger partial charge < -0.3 is 10.4 Å². The van der Waals surface area contributed by atoms with Gasteiger partial charge in [-0.2, -0.15) is 0 Å². The molecule has 0 aliphatic rings. The van der Waals surface area contributed by atoms with Crippen LogP contribution in [0, 0.1) is 19.8 Å². The lowest BCUT2D eigenvalue weighted by Crippen LogP contribution is -2.27. The number of carboxylic acids is 1. The van der Waals surface area contributed by atoms with Gasteiger partial charge in [0.1, 0.15) is 0 Å². The predicted molar refractivity (Wildman–Crippen MR) is 95.4 cm³/mol. The molecule has 1 atom stereocenters. The summed E-state index contributed by atoms with van der Waals surface area (Å²) in [6, 6.07) is 12.7. The number of anilines is 1. The van der Waals surface area contributed by atoms with Crippen molar-refractivity contribution in [2.75, 3.05) is 5.32 Å². The number of carbonyl (C=O) groups is 2. The number of aryl methyl sites for hydroxylation is 2. The third-order valence-electron chi connectivity index (χ3n) is 3.67. The highest BCUT2D eigenvalue weighted by atomic mass is 35.5. The van der Waals surface area contributed by atoms with Crippen LogP contribution in [0.4, 0.5) is 5.69 Å². The summed E-state index contributed by atoms with van der Waals surface area (Å²) in [5.41, 5.74) is 3.75. The van der Waals surface area contributed by atoms with Gasteiger partial charge in [-0.1, -0.05) is 40.9 Å². The Hall–Kier alpha value is -2.33. The van der Waals surface area contributed by atoms with Gasteiger partial charge in [-0.3, -0.25) is 9.59 Å². The van der Waals surface area contributed by atoms with E-state index in [-0.39, 0.29) is 12.3 Å². The molecule has 0 radical (unpaired) electrons. The van der Waals surface area contributed by atoms with Gasteiger partial charge in [0.05, 0.1) is 12.3 Å². The molecule has 0 unspecified atom stereocenters. The van der Waals surface area contributed by atoms with E-state index in [1.54, 1.807) is 24.3 Å². The van der Waals surface area contributed by atoms with Crippen molar-refractivity contribution in [2.24, 2.45) is 5.92 Å². The Morgan fingerprint density at radius 3 is 2.21 bits per heavy atom. The smallest absolute Gasteiger partial charge is 0.304 e. The van der Waals surface area contributed by atoms with Crippen LogP contribution in [0.25, 0.3) is 0 Å². The van der Waals surface area contributed by atoms with Crippen molar-refractivity contribution in [2.45, 2.75) is 26.7 Å². The SMILES string of the molecule is Cc1cc(C)cc(C[C@@H](CC(=O)O)C(=O)Nc2ccc(Cl)cc2)c1. The monoisotopic (exact) mass is 345 g/mol. The molecule has 0 aliphatic carbocycles. The number of nitrogens with one attached hydrogen (secondary N) is 1. The van der Waals surface area contributed by atoms with Crippen molar-refractivity contribution < 1.29 is 14.7 Å². The lowest BCUT2D eigenvalue weighted by molar-refractivity contribution is -0.140. The Bertz CT molecular complexity index is 721. The number of halogens is 1. The number of rotatable bonds is 6. The molecular weight excluding hydrogens is 326 g/mol. The van der Waals surface area contributed by atoms with Gasteiger partial charge in [0, 0.05) is 10.7 Å². The van der Waals surface area contributed by atoms with Crippen molar-refractivity contribution >= 4 is 29.2 Å². The van der Waals surface area contributed by atoms with E-state index < -0.39 is 11.9 Å². The molecule has 0 fully saturated rings. The molecule has 24 heavy (non-hydrogen) atoms. The summed E-state index contributed by atoms with van der Waals surface area (Å²) in [6.07, 6.45) is 0.167. The van der Waals surface area contributed by atoms with E-state index in [9.17, 15) is 9.59 Å². The van der Waals surface area contributed by atoms with Gasteiger partial charge >= 0.3 is 5.97 Å². The second-order valence-electron chi connectivity index (χ2n) is 5.99. The zero-order valence-electron chi connectivity index (χ0n) is 13.7. The molecule has 2 N–H and O–H groups in total. The molecule has 126 valence electrons. The molecule has 2 rings (SSSR count). The number of carboxylic acid groups (broad SMARTS) is 1. The van der Waals surface area contributed by atoms with Crippen LogP contribution in [0.1, 0.15) is 23.1 Å². The third-order valence-corrected chi connectivity index (χ3v) is 3.92. The summed E-state index contributed by atoms with van der Waals surface area (Å²) in [6.45, 7) is 3.97. The van der Waals surface area contributed by atoms with Crippen molar-refractivity contribution in [3.63, 3.8) is 0 Å². The van der Waals surface area contributed by atoms with E-state index in [0.717, 1.165) is 16.7 Å². The normalized spacial score (nSPS) is 11.8. The quantitative estimate of drug-likeness (QED) is 0.823. The first-order valence-corrected chi connectivity index (χ1v) is 8.06. The average Bonchev–Trinajstić information content (AvgIpc) is 2.47. The molecule has 0 heterocycles. The highest BCUT2D eigenvalue weighted by Crippen LogP contribution is 2.19. The minimum Gasteiger partial charge on any atom is -0.481 e. The highest BCUT2D eigenvalue weighted by molar-refractivity contribution is 6.30. The van der Waals surface area contributed by atoms with Crippen LogP contribution in [-0.2, 0) is 16.0 Å². The molecule has 4 nitrogen and oxygen atoms in total. The number of hydrogen-bond donors (Lipinski definition) is 2. The lowest BCUT2D eigenvalue weighted by atomic mass is 9.93. The average molecular weight is 346 g/mol. The summed E-state index contributed by atoms with van der Waals surface area (Å²) >= 11 is 5.83. The van der Waals surface area contributed by atoms with E-state index in [1.165, 1.54) is 0 Å². The van der Waals surface area contributed by atoms with Crippen molar-refractivity contribution in [3.05, 3.63) is 64.2 Å². The molecular formula is C19H20ClNO3. The summed E-state index contributed by atoms with van der Waals surface area (Å²) in [7, 11) is 0. The maximum atomic E-state index is 12.5. The third kappa shape index (κ3) is 5.39. The zero-order chi connectivity index (χ0) is 17.7. The molecule has 0 saturated heterocycles. The Labute approximate surface area is 146 Å². The number of carbonyl (C=O) groups excluding carboxylic acids is 1. The number of amides is 1. The summed E-state index contributed by atoms with van der Waals surface area (Å²) < 4.78 is 0. The fraction of sp³-hybridized carbons (Fsp3) is 0.263. The second-order valence-corrected chi connectivity index (χ2v) is 6.43. The number of benzene rings is 2. The summed E-state index contributed by atoms with van der Waals surface area (Å²) in [5, 5.41) is 12.5. The minimum atomic E-state index is -0.990. The maximum absolute atomic E-state index is 12.5. The van der Waals surface area contributed by atoms with Crippen LogP contribution in [0.15, 0.2) is 42.5 Å². The number of aliphatic carboxylic acids is 1. The van der Waals surface area contributed by atoms with Crippen molar-refractivity contribution in [3.8, 4) is 0 Å². The Morgan fingerprint density at radius 1 is 1.08 bits per heavy atom. The molecule has 0 bridgehead atoms. The van der Waals surface area contributed by atoms with Gasteiger partial charge in [0.2, 0.25) is 5.91 Å². The van der Waals surface area contributed by atoms with Crippen LogP contribution < -0.4 is 5.32 Å². The van der Waals surface area contributed by atoms with Gasteiger partial charge in [-0.15, -0.1) is 0 Å². The first kappa shape index (κ1) is 18.0. The molecule has 1 amide bonds. The van der Waals surface area contributed by atoms with Crippen LogP contribution in [0.2, 0.25) is 5.02 Å². The van der Waals surface area contributed by atoms with Crippen molar-refractivity contribution in [1.29, 1.82) is 0 Å². The second kappa shape index (κ2) is 7.97. The zero-order valence-corrected chi connectivity index (χ0v) is 14.4. The van der Waals surface area contributed by atoms with E-state index >= 15 is 0 Å².